The van der Waals surface area contributed by atoms with Crippen LogP contribution >= 0.6 is 0 Å². The molecule has 1 aromatic heterocycles. The molecule has 5 fully saturated rings. The molecule has 3 N–H and O–H groups in total. The number of aromatic nitrogens is 1. The number of amides is 3. The summed E-state index contributed by atoms with van der Waals surface area (Å²) in [4.78, 5) is 31.6. The number of piperazine rings is 1. The molecule has 29 heavy (non-hydrogen) atoms. The number of hydrogen-bond donors (Lipinski definition) is 3. The predicted molar refractivity (Wildman–Crippen MR) is 109 cm³/mol. The van der Waals surface area contributed by atoms with Gasteiger partial charge in [-0.3, -0.25) is 20.0 Å². The molecule has 3 amide bonds. The second-order valence-electron chi connectivity index (χ2n) is 9.68. The molecule has 1 aromatic rings. The Morgan fingerprint density at radius 2 is 1.90 bits per heavy atom. The van der Waals surface area contributed by atoms with Gasteiger partial charge in [0.1, 0.15) is 0 Å². The largest absolute Gasteiger partial charge is 0.332 e. The van der Waals surface area contributed by atoms with Gasteiger partial charge < -0.3 is 10.6 Å². The van der Waals surface area contributed by atoms with Gasteiger partial charge in [0, 0.05) is 43.6 Å². The minimum Gasteiger partial charge on any atom is -0.332 e. The molecule has 1 atom stereocenters. The summed E-state index contributed by atoms with van der Waals surface area (Å²) in [6.45, 7) is 2.60. The maximum absolute atomic E-state index is 12.6. The minimum absolute atomic E-state index is 0.0770. The molecule has 0 aromatic carbocycles. The number of imide groups is 1. The number of nitrogens with one attached hydrogen (secondary N) is 3. The van der Waals surface area contributed by atoms with Crippen LogP contribution in [0.1, 0.15) is 50.1 Å². The third-order valence-corrected chi connectivity index (χ3v) is 7.44. The number of pyridine rings is 1. The van der Waals surface area contributed by atoms with Gasteiger partial charge in [0.2, 0.25) is 5.91 Å². The number of carbonyl (C=O) groups is 2. The normalized spacial score (nSPS) is 36.0. The third-order valence-electron chi connectivity index (χ3n) is 7.44. The average Bonchev–Trinajstić information content (AvgIpc) is 2.67. The van der Waals surface area contributed by atoms with E-state index in [2.05, 4.69) is 25.8 Å². The van der Waals surface area contributed by atoms with Crippen LogP contribution in [0.15, 0.2) is 24.5 Å². The molecular formula is C22H31N5O2. The molecule has 5 aliphatic rings. The highest BCUT2D eigenvalue weighted by molar-refractivity contribution is 5.95. The molecule has 1 aliphatic heterocycles. The highest BCUT2D eigenvalue weighted by Gasteiger charge is 2.51. The summed E-state index contributed by atoms with van der Waals surface area (Å²) in [5.74, 6) is 2.05. The molecule has 0 spiro atoms. The lowest BCUT2D eigenvalue weighted by molar-refractivity contribution is -0.122. The van der Waals surface area contributed by atoms with Crippen LogP contribution in [0.25, 0.3) is 0 Å². The summed E-state index contributed by atoms with van der Waals surface area (Å²) in [5.41, 5.74) is 1.01. The van der Waals surface area contributed by atoms with Gasteiger partial charge in [0.15, 0.2) is 0 Å². The van der Waals surface area contributed by atoms with E-state index in [-0.39, 0.29) is 30.1 Å². The second kappa shape index (κ2) is 7.69. The molecule has 1 unspecified atom stereocenters. The van der Waals surface area contributed by atoms with Crippen LogP contribution in [0.5, 0.6) is 0 Å². The van der Waals surface area contributed by atoms with Gasteiger partial charge in [-0.2, -0.15) is 0 Å². The fourth-order valence-corrected chi connectivity index (χ4v) is 6.72. The van der Waals surface area contributed by atoms with Gasteiger partial charge in [-0.05, 0) is 67.9 Å². The first kappa shape index (κ1) is 19.0. The van der Waals surface area contributed by atoms with Gasteiger partial charge in [0.05, 0.1) is 6.54 Å². The molecule has 0 radical (unpaired) electrons. The van der Waals surface area contributed by atoms with E-state index < -0.39 is 0 Å². The predicted octanol–water partition coefficient (Wildman–Crippen LogP) is 1.82. The highest BCUT2D eigenvalue weighted by Crippen LogP contribution is 2.55. The maximum atomic E-state index is 12.6. The topological polar surface area (TPSA) is 86.4 Å². The van der Waals surface area contributed by atoms with Crippen molar-refractivity contribution in [3.05, 3.63) is 30.1 Å². The lowest BCUT2D eigenvalue weighted by Crippen LogP contribution is -2.62. The number of nitrogens with zero attached hydrogens (tertiary/aromatic N) is 2. The molecule has 4 bridgehead atoms. The van der Waals surface area contributed by atoms with Gasteiger partial charge in [0.25, 0.3) is 0 Å². The van der Waals surface area contributed by atoms with Crippen LogP contribution in [0.4, 0.5) is 4.79 Å². The number of urea groups is 1. The van der Waals surface area contributed by atoms with Crippen LogP contribution in [-0.2, 0) is 4.79 Å². The van der Waals surface area contributed by atoms with Gasteiger partial charge in [-0.1, -0.05) is 6.07 Å². The summed E-state index contributed by atoms with van der Waals surface area (Å²) < 4.78 is 0. The van der Waals surface area contributed by atoms with E-state index >= 15 is 0 Å². The molecule has 1 saturated heterocycles. The monoisotopic (exact) mass is 397 g/mol. The van der Waals surface area contributed by atoms with Gasteiger partial charge in [-0.15, -0.1) is 0 Å². The molecule has 156 valence electrons. The summed E-state index contributed by atoms with van der Waals surface area (Å²) in [6, 6.07) is 3.73. The molecular weight excluding hydrogens is 366 g/mol. The summed E-state index contributed by atoms with van der Waals surface area (Å²) in [5, 5.41) is 9.21. The van der Waals surface area contributed by atoms with Crippen molar-refractivity contribution in [2.45, 2.75) is 50.1 Å². The molecule has 7 nitrogen and oxygen atoms in total. The molecule has 6 rings (SSSR count). The van der Waals surface area contributed by atoms with Crippen molar-refractivity contribution in [3.63, 3.8) is 0 Å². The van der Waals surface area contributed by atoms with Crippen LogP contribution in [0, 0.1) is 17.8 Å². The lowest BCUT2D eigenvalue weighted by atomic mass is 9.53. The first-order chi connectivity index (χ1) is 14.1. The molecule has 7 heteroatoms. The van der Waals surface area contributed by atoms with Crippen LogP contribution in [-0.4, -0.2) is 53.5 Å². The number of hydrogen-bond acceptors (Lipinski definition) is 5. The zero-order valence-corrected chi connectivity index (χ0v) is 16.9. The van der Waals surface area contributed by atoms with Crippen LogP contribution in [0.2, 0.25) is 0 Å². The van der Waals surface area contributed by atoms with Gasteiger partial charge >= 0.3 is 6.03 Å². The fourth-order valence-electron chi connectivity index (χ4n) is 6.72. The Morgan fingerprint density at radius 3 is 2.55 bits per heavy atom. The van der Waals surface area contributed by atoms with Crippen molar-refractivity contribution in [1.82, 2.24) is 25.8 Å². The summed E-state index contributed by atoms with van der Waals surface area (Å²) in [6.07, 6.45) is 10.9. The van der Waals surface area contributed by atoms with E-state index in [1.165, 1.54) is 19.3 Å². The summed E-state index contributed by atoms with van der Waals surface area (Å²) in [7, 11) is 0. The zero-order chi connectivity index (χ0) is 19.8. The van der Waals surface area contributed by atoms with Crippen molar-refractivity contribution in [2.75, 3.05) is 26.2 Å². The Labute approximate surface area is 172 Å². The quantitative estimate of drug-likeness (QED) is 0.722. The van der Waals surface area contributed by atoms with Crippen molar-refractivity contribution in [1.29, 1.82) is 0 Å². The Kier molecular flexibility index (Phi) is 5.04. The summed E-state index contributed by atoms with van der Waals surface area (Å²) >= 11 is 0. The Morgan fingerprint density at radius 1 is 1.17 bits per heavy atom. The Hall–Kier alpha value is -1.99. The number of rotatable bonds is 4. The average molecular weight is 398 g/mol. The van der Waals surface area contributed by atoms with Crippen molar-refractivity contribution in [2.24, 2.45) is 17.8 Å². The van der Waals surface area contributed by atoms with E-state index in [1.54, 1.807) is 6.20 Å². The fraction of sp³-hybridized carbons (Fsp3) is 0.682. The van der Waals surface area contributed by atoms with Crippen molar-refractivity contribution < 1.29 is 9.59 Å². The third kappa shape index (κ3) is 4.03. The molecule has 4 aliphatic carbocycles. The second-order valence-corrected chi connectivity index (χ2v) is 9.68. The van der Waals surface area contributed by atoms with E-state index in [9.17, 15) is 9.59 Å². The van der Waals surface area contributed by atoms with E-state index in [0.29, 0.717) is 0 Å². The van der Waals surface area contributed by atoms with Crippen molar-refractivity contribution in [3.8, 4) is 0 Å². The van der Waals surface area contributed by atoms with E-state index in [4.69, 9.17) is 0 Å². The van der Waals surface area contributed by atoms with Gasteiger partial charge in [-0.25, -0.2) is 4.79 Å². The van der Waals surface area contributed by atoms with E-state index in [0.717, 1.165) is 62.2 Å². The number of carbonyl (C=O) groups excluding carboxylic acids is 2. The van der Waals surface area contributed by atoms with E-state index in [1.807, 2.05) is 18.3 Å². The Balaban J connectivity index is 1.18. The zero-order valence-electron chi connectivity index (χ0n) is 16.9. The Bertz CT molecular complexity index is 732. The molecule has 2 heterocycles. The van der Waals surface area contributed by atoms with Crippen molar-refractivity contribution >= 4 is 11.9 Å². The maximum Gasteiger partial charge on any atom is 0.321 e. The minimum atomic E-state index is -0.315. The standard InChI is InChI=1S/C22H31N5O2/c28-20(14-27-5-4-24-13-19(27)18-2-1-3-23-12-18)25-21(29)26-22-9-15-6-16(10-22)8-17(7-15)11-22/h1-3,12,15-17,19,24H,4-11,13-14H2,(H2,25,26,28,29). The molecule has 4 saturated carbocycles. The highest BCUT2D eigenvalue weighted by atomic mass is 16.2. The van der Waals surface area contributed by atoms with Crippen LogP contribution < -0.4 is 16.0 Å². The smallest absolute Gasteiger partial charge is 0.321 e. The van der Waals surface area contributed by atoms with Crippen LogP contribution in [0.3, 0.4) is 0 Å². The first-order valence-corrected chi connectivity index (χ1v) is 11.1. The first-order valence-electron chi connectivity index (χ1n) is 11.1. The lowest BCUT2D eigenvalue weighted by Gasteiger charge is -2.56. The SMILES string of the molecule is O=C(CN1CCNCC1c1cccnc1)NC(=O)NC12CC3CC(CC(C3)C1)C2.